The van der Waals surface area contributed by atoms with Gasteiger partial charge in [0.05, 0.1) is 22.8 Å². The third-order valence-electron chi connectivity index (χ3n) is 7.34. The number of carboxylic acid groups (broad SMARTS) is 1. The molecule has 2 aromatic rings. The molecule has 232 valence electrons. The number of amides is 2. The van der Waals surface area contributed by atoms with Gasteiger partial charge in [-0.05, 0) is 78.4 Å². The van der Waals surface area contributed by atoms with E-state index in [0.29, 0.717) is 25.3 Å². The quantitative estimate of drug-likeness (QED) is 0.375. The third kappa shape index (κ3) is 8.30. The molecule has 0 aliphatic carbocycles. The molecule has 1 saturated heterocycles. The van der Waals surface area contributed by atoms with Gasteiger partial charge in [0.25, 0.3) is 5.91 Å². The van der Waals surface area contributed by atoms with Crippen LogP contribution < -0.4 is 0 Å². The Morgan fingerprint density at radius 1 is 1.17 bits per heavy atom. The van der Waals surface area contributed by atoms with Crippen molar-refractivity contribution in [3.05, 3.63) is 41.2 Å². The van der Waals surface area contributed by atoms with Gasteiger partial charge in [-0.3, -0.25) is 9.59 Å². The van der Waals surface area contributed by atoms with E-state index in [2.05, 4.69) is 10.3 Å². The fourth-order valence-corrected chi connectivity index (χ4v) is 5.27. The van der Waals surface area contributed by atoms with Crippen LogP contribution in [-0.4, -0.2) is 92.9 Å². The minimum atomic E-state index is -1.27. The number of aryl methyl sites for hydroxylation is 1. The van der Waals surface area contributed by atoms with E-state index in [4.69, 9.17) is 9.47 Å². The second-order valence-corrected chi connectivity index (χ2v) is 13.0. The Hall–Kier alpha value is -3.47. The number of unbranched alkanes of at least 4 members (excludes halogenated alkanes) is 1. The first-order valence-electron chi connectivity index (χ1n) is 14.7. The van der Waals surface area contributed by atoms with Gasteiger partial charge in [0.15, 0.2) is 5.69 Å². The normalized spacial score (nSPS) is 19.2. The predicted molar refractivity (Wildman–Crippen MR) is 159 cm³/mol. The first-order chi connectivity index (χ1) is 19.6. The zero-order chi connectivity index (χ0) is 31.2. The van der Waals surface area contributed by atoms with Crippen LogP contribution in [0.25, 0.3) is 5.69 Å². The van der Waals surface area contributed by atoms with E-state index in [1.807, 2.05) is 45.0 Å². The van der Waals surface area contributed by atoms with Crippen LogP contribution in [0.2, 0.25) is 0 Å². The number of nitrogens with zero attached hydrogens (tertiary/aromatic N) is 5. The number of likely N-dealkylation sites (tertiary alicyclic amines) is 1. The summed E-state index contributed by atoms with van der Waals surface area (Å²) in [6.07, 6.45) is 1.73. The minimum absolute atomic E-state index is 0.00812. The van der Waals surface area contributed by atoms with E-state index in [0.717, 1.165) is 24.1 Å². The van der Waals surface area contributed by atoms with Crippen molar-refractivity contribution in [2.45, 2.75) is 85.8 Å². The van der Waals surface area contributed by atoms with E-state index in [9.17, 15) is 19.5 Å². The average Bonchev–Trinajstić information content (AvgIpc) is 3.32. The summed E-state index contributed by atoms with van der Waals surface area (Å²) >= 11 is 0. The van der Waals surface area contributed by atoms with E-state index in [1.165, 1.54) is 4.90 Å². The fourth-order valence-electron chi connectivity index (χ4n) is 5.27. The second kappa shape index (κ2) is 13.7. The molecule has 11 nitrogen and oxygen atoms in total. The first kappa shape index (κ1) is 33.0. The summed E-state index contributed by atoms with van der Waals surface area (Å²) < 4.78 is 12.5. The molecule has 11 heteroatoms. The van der Waals surface area contributed by atoms with Gasteiger partial charge >= 0.3 is 12.1 Å². The Morgan fingerprint density at radius 3 is 2.40 bits per heavy atom. The van der Waals surface area contributed by atoms with Crippen LogP contribution in [0.15, 0.2) is 24.3 Å². The van der Waals surface area contributed by atoms with Crippen LogP contribution in [0.1, 0.15) is 82.6 Å². The van der Waals surface area contributed by atoms with Crippen LogP contribution in [0.5, 0.6) is 0 Å². The Kier molecular flexibility index (Phi) is 10.8. The minimum Gasteiger partial charge on any atom is -0.481 e. The van der Waals surface area contributed by atoms with Gasteiger partial charge in [-0.2, -0.15) is 0 Å². The van der Waals surface area contributed by atoms with Gasteiger partial charge in [-0.1, -0.05) is 36.8 Å². The Morgan fingerprint density at radius 2 is 1.83 bits per heavy atom. The van der Waals surface area contributed by atoms with Gasteiger partial charge in [-0.15, -0.1) is 5.10 Å². The first-order valence-corrected chi connectivity index (χ1v) is 14.7. The largest absolute Gasteiger partial charge is 0.481 e. The van der Waals surface area contributed by atoms with E-state index >= 15 is 0 Å². The number of methoxy groups -OCH3 is 1. The molecule has 0 bridgehead atoms. The van der Waals surface area contributed by atoms with Crippen molar-refractivity contribution in [2.75, 3.05) is 33.4 Å². The summed E-state index contributed by atoms with van der Waals surface area (Å²) in [5.74, 6) is -1.27. The summed E-state index contributed by atoms with van der Waals surface area (Å²) in [5, 5.41) is 19.0. The predicted octanol–water partition coefficient (Wildman–Crippen LogP) is 4.74. The standard InChI is InChI=1S/C31H47N5O6/c1-21(2)18-35(24-17-31(7,28(38)39)20-34(19-24)29(40)42-30(4,5)6)27(37)26-25(11-9-10-16-41-8)36(33-32-26)23-14-12-22(3)13-15-23/h12-15,21,24H,9-11,16-20H2,1-8H3,(H,38,39)/t24-,31+/m0/s1. The van der Waals surface area contributed by atoms with Gasteiger partial charge in [0, 0.05) is 33.4 Å². The van der Waals surface area contributed by atoms with Gasteiger partial charge in [-0.25, -0.2) is 9.48 Å². The van der Waals surface area contributed by atoms with Gasteiger partial charge in [0.2, 0.25) is 0 Å². The molecule has 0 radical (unpaired) electrons. The molecule has 1 aromatic carbocycles. The number of carbonyl (C=O) groups excluding carboxylic acids is 2. The average molecular weight is 586 g/mol. The Labute approximate surface area is 249 Å². The van der Waals surface area contributed by atoms with E-state index in [1.54, 1.807) is 44.4 Å². The fraction of sp³-hybridized carbons (Fsp3) is 0.645. The lowest BCUT2D eigenvalue weighted by Crippen LogP contribution is -2.60. The lowest BCUT2D eigenvalue weighted by Gasteiger charge is -2.46. The number of piperidine rings is 1. The van der Waals surface area contributed by atoms with Crippen LogP contribution in [0.4, 0.5) is 4.79 Å². The molecular formula is C31H47N5O6. The molecule has 1 aliphatic heterocycles. The molecular weight excluding hydrogens is 538 g/mol. The Bertz CT molecular complexity index is 1240. The summed E-state index contributed by atoms with van der Waals surface area (Å²) in [6, 6.07) is 7.30. The number of aromatic nitrogens is 3. The van der Waals surface area contributed by atoms with Crippen molar-refractivity contribution < 1.29 is 29.0 Å². The number of ether oxygens (including phenoxy) is 2. The lowest BCUT2D eigenvalue weighted by atomic mass is 9.79. The molecule has 2 amide bonds. The molecule has 2 heterocycles. The van der Waals surface area contributed by atoms with Crippen molar-refractivity contribution >= 4 is 18.0 Å². The van der Waals surface area contributed by atoms with Gasteiger partial charge < -0.3 is 24.4 Å². The van der Waals surface area contributed by atoms with Crippen LogP contribution >= 0.6 is 0 Å². The topological polar surface area (TPSA) is 127 Å². The summed E-state index contributed by atoms with van der Waals surface area (Å²) in [6.45, 7) is 14.0. The maximum atomic E-state index is 14.4. The molecule has 1 N–H and O–H groups in total. The lowest BCUT2D eigenvalue weighted by molar-refractivity contribution is -0.152. The number of hydrogen-bond donors (Lipinski definition) is 1. The van der Waals surface area contributed by atoms with E-state index < -0.39 is 29.1 Å². The highest BCUT2D eigenvalue weighted by Gasteiger charge is 2.47. The van der Waals surface area contributed by atoms with Crippen LogP contribution in [0, 0.1) is 18.3 Å². The summed E-state index contributed by atoms with van der Waals surface area (Å²) in [7, 11) is 1.66. The molecule has 1 aliphatic rings. The van der Waals surface area contributed by atoms with Crippen LogP contribution in [-0.2, 0) is 20.7 Å². The summed E-state index contributed by atoms with van der Waals surface area (Å²) in [5.41, 5.74) is 0.820. The number of carbonyl (C=O) groups is 3. The van der Waals surface area contributed by atoms with E-state index in [-0.39, 0.29) is 37.0 Å². The zero-order valence-corrected chi connectivity index (χ0v) is 26.3. The highest BCUT2D eigenvalue weighted by atomic mass is 16.6. The maximum Gasteiger partial charge on any atom is 0.410 e. The molecule has 0 unspecified atom stereocenters. The number of rotatable bonds is 11. The monoisotopic (exact) mass is 585 g/mol. The molecule has 42 heavy (non-hydrogen) atoms. The van der Waals surface area contributed by atoms with Gasteiger partial charge in [0.1, 0.15) is 5.60 Å². The van der Waals surface area contributed by atoms with Crippen molar-refractivity contribution in [1.29, 1.82) is 0 Å². The molecule has 3 rings (SSSR count). The SMILES string of the molecule is COCCCCc1c(C(=O)N(CC(C)C)[C@@H]2CN(C(=O)OC(C)(C)C)C[C@](C)(C(=O)O)C2)nnn1-c1ccc(C)cc1. The number of hydrogen-bond acceptors (Lipinski definition) is 7. The highest BCUT2D eigenvalue weighted by Crippen LogP contribution is 2.34. The molecule has 2 atom stereocenters. The Balaban J connectivity index is 2.03. The maximum absolute atomic E-state index is 14.4. The van der Waals surface area contributed by atoms with Crippen LogP contribution in [0.3, 0.4) is 0 Å². The number of aliphatic carboxylic acids is 1. The molecule has 0 saturated carbocycles. The third-order valence-corrected chi connectivity index (χ3v) is 7.34. The van der Waals surface area contributed by atoms with Crippen molar-refractivity contribution in [2.24, 2.45) is 11.3 Å². The highest BCUT2D eigenvalue weighted by molar-refractivity contribution is 5.94. The zero-order valence-electron chi connectivity index (χ0n) is 26.3. The van der Waals surface area contributed by atoms with Crippen molar-refractivity contribution in [1.82, 2.24) is 24.8 Å². The molecule has 1 aromatic heterocycles. The molecule has 1 fully saturated rings. The smallest absolute Gasteiger partial charge is 0.410 e. The van der Waals surface area contributed by atoms with Crippen molar-refractivity contribution in [3.8, 4) is 5.69 Å². The number of benzene rings is 1. The van der Waals surface area contributed by atoms with Crippen molar-refractivity contribution in [3.63, 3.8) is 0 Å². The second-order valence-electron chi connectivity index (χ2n) is 13.0. The molecule has 0 spiro atoms. The summed E-state index contributed by atoms with van der Waals surface area (Å²) in [4.78, 5) is 43.1. The number of carboxylic acids is 1.